The van der Waals surface area contributed by atoms with Crippen LogP contribution in [0.15, 0.2) is 12.3 Å². The van der Waals surface area contributed by atoms with Gasteiger partial charge in [0.05, 0.1) is 16.4 Å². The molecule has 2 amide bonds. The number of carbonyl (C=O) groups is 2. The smallest absolute Gasteiger partial charge is 0.288 e. The second-order valence-corrected chi connectivity index (χ2v) is 5.14. The van der Waals surface area contributed by atoms with Crippen molar-refractivity contribution >= 4 is 29.1 Å². The van der Waals surface area contributed by atoms with Gasteiger partial charge in [-0.25, -0.2) is 4.98 Å². The van der Waals surface area contributed by atoms with Crippen LogP contribution in [0.25, 0.3) is 0 Å². The van der Waals surface area contributed by atoms with E-state index >= 15 is 0 Å². The van der Waals surface area contributed by atoms with E-state index in [1.807, 2.05) is 0 Å². The molecule has 0 spiro atoms. The summed E-state index contributed by atoms with van der Waals surface area (Å²) in [5.41, 5.74) is 4.90. The second-order valence-electron chi connectivity index (χ2n) is 4.78. The normalized spacial score (nSPS) is 18.3. The number of likely N-dealkylation sites (tertiary alicyclic amines) is 1. The molecule has 0 saturated carbocycles. The van der Waals surface area contributed by atoms with Crippen molar-refractivity contribution in [1.29, 1.82) is 0 Å². The molecule has 1 saturated heterocycles. The molecule has 9 heteroatoms. The third-order valence-electron chi connectivity index (χ3n) is 3.38. The summed E-state index contributed by atoms with van der Waals surface area (Å²) < 4.78 is 0. The Kier molecular flexibility index (Phi) is 4.37. The van der Waals surface area contributed by atoms with Crippen LogP contribution in [0.5, 0.6) is 0 Å². The Morgan fingerprint density at radius 3 is 2.86 bits per heavy atom. The quantitative estimate of drug-likeness (QED) is 0.507. The van der Waals surface area contributed by atoms with Crippen molar-refractivity contribution in [2.75, 3.05) is 13.1 Å². The second kappa shape index (κ2) is 6.04. The monoisotopic (exact) mass is 312 g/mol. The Labute approximate surface area is 125 Å². The average Bonchev–Trinajstić information content (AvgIpc) is 2.47. The lowest BCUT2D eigenvalue weighted by Gasteiger charge is -2.31. The SMILES string of the molecule is NC(=O)C1CCCN(C(=O)c2cc([N+](=O)[O-])cnc2Cl)C1. The highest BCUT2D eigenvalue weighted by Gasteiger charge is 2.29. The van der Waals surface area contributed by atoms with E-state index in [1.54, 1.807) is 0 Å². The van der Waals surface area contributed by atoms with Crippen molar-refractivity contribution in [3.05, 3.63) is 33.1 Å². The number of nitrogens with two attached hydrogens (primary N) is 1. The lowest BCUT2D eigenvalue weighted by molar-refractivity contribution is -0.385. The molecule has 2 N–H and O–H groups in total. The molecule has 21 heavy (non-hydrogen) atoms. The third kappa shape index (κ3) is 3.27. The summed E-state index contributed by atoms with van der Waals surface area (Å²) in [6, 6.07) is 1.09. The number of hydrogen-bond donors (Lipinski definition) is 1. The summed E-state index contributed by atoms with van der Waals surface area (Å²) in [5, 5.41) is 10.6. The number of primary amides is 1. The van der Waals surface area contributed by atoms with Gasteiger partial charge >= 0.3 is 0 Å². The van der Waals surface area contributed by atoms with E-state index in [0.29, 0.717) is 19.4 Å². The van der Waals surface area contributed by atoms with Crippen LogP contribution in [0.3, 0.4) is 0 Å². The van der Waals surface area contributed by atoms with Crippen molar-refractivity contribution in [3.8, 4) is 0 Å². The predicted molar refractivity (Wildman–Crippen MR) is 73.7 cm³/mol. The van der Waals surface area contributed by atoms with Crippen LogP contribution in [-0.2, 0) is 4.79 Å². The number of hydrogen-bond acceptors (Lipinski definition) is 5. The predicted octanol–water partition coefficient (Wildman–Crippen LogP) is 0.981. The summed E-state index contributed by atoms with van der Waals surface area (Å²) in [5.74, 6) is -1.36. The lowest BCUT2D eigenvalue weighted by atomic mass is 9.97. The average molecular weight is 313 g/mol. The van der Waals surface area contributed by atoms with Crippen LogP contribution >= 0.6 is 11.6 Å². The van der Waals surface area contributed by atoms with Crippen molar-refractivity contribution in [2.45, 2.75) is 12.8 Å². The first-order chi connectivity index (χ1) is 9.90. The minimum Gasteiger partial charge on any atom is -0.369 e. The highest BCUT2D eigenvalue weighted by molar-refractivity contribution is 6.32. The van der Waals surface area contributed by atoms with Gasteiger partial charge in [0, 0.05) is 19.2 Å². The Balaban J connectivity index is 2.25. The zero-order chi connectivity index (χ0) is 15.6. The molecule has 2 heterocycles. The van der Waals surface area contributed by atoms with Crippen LogP contribution in [0, 0.1) is 16.0 Å². The maximum Gasteiger partial charge on any atom is 0.288 e. The van der Waals surface area contributed by atoms with Crippen LogP contribution in [-0.4, -0.2) is 39.7 Å². The first-order valence-electron chi connectivity index (χ1n) is 6.28. The number of carbonyl (C=O) groups excluding carboxylic acids is 2. The van der Waals surface area contributed by atoms with Gasteiger partial charge in [0.15, 0.2) is 0 Å². The van der Waals surface area contributed by atoms with E-state index in [0.717, 1.165) is 12.3 Å². The van der Waals surface area contributed by atoms with Gasteiger partial charge in [0.1, 0.15) is 11.3 Å². The minimum absolute atomic E-state index is 0.0454. The van der Waals surface area contributed by atoms with E-state index in [9.17, 15) is 19.7 Å². The van der Waals surface area contributed by atoms with Gasteiger partial charge in [-0.2, -0.15) is 0 Å². The fourth-order valence-corrected chi connectivity index (χ4v) is 2.44. The molecule has 2 rings (SSSR count). The molecule has 0 aromatic carbocycles. The molecule has 1 aromatic heterocycles. The van der Waals surface area contributed by atoms with Crippen LogP contribution in [0.4, 0.5) is 5.69 Å². The summed E-state index contributed by atoms with van der Waals surface area (Å²) in [7, 11) is 0. The number of piperidine rings is 1. The van der Waals surface area contributed by atoms with Crippen molar-refractivity contribution in [3.63, 3.8) is 0 Å². The van der Waals surface area contributed by atoms with Crippen molar-refractivity contribution < 1.29 is 14.5 Å². The molecule has 1 atom stereocenters. The topological polar surface area (TPSA) is 119 Å². The number of aromatic nitrogens is 1. The van der Waals surface area contributed by atoms with E-state index in [1.165, 1.54) is 4.90 Å². The van der Waals surface area contributed by atoms with E-state index in [-0.39, 0.29) is 22.9 Å². The number of nitro groups is 1. The molecule has 8 nitrogen and oxygen atoms in total. The van der Waals surface area contributed by atoms with Crippen LogP contribution < -0.4 is 5.73 Å². The first kappa shape index (κ1) is 15.2. The third-order valence-corrected chi connectivity index (χ3v) is 3.68. The van der Waals surface area contributed by atoms with Crippen LogP contribution in [0.2, 0.25) is 5.15 Å². The van der Waals surface area contributed by atoms with Crippen molar-refractivity contribution in [1.82, 2.24) is 9.88 Å². The van der Waals surface area contributed by atoms with Gasteiger partial charge in [-0.15, -0.1) is 0 Å². The van der Waals surface area contributed by atoms with E-state index in [2.05, 4.69) is 4.98 Å². The molecule has 1 fully saturated rings. The van der Waals surface area contributed by atoms with Crippen LogP contribution in [0.1, 0.15) is 23.2 Å². The molecule has 1 unspecified atom stereocenters. The maximum absolute atomic E-state index is 12.4. The van der Waals surface area contributed by atoms with Gasteiger partial charge in [-0.05, 0) is 12.8 Å². The highest BCUT2D eigenvalue weighted by Crippen LogP contribution is 2.23. The summed E-state index contributed by atoms with van der Waals surface area (Å²) >= 11 is 5.84. The number of amides is 2. The number of nitrogens with zero attached hydrogens (tertiary/aromatic N) is 3. The van der Waals surface area contributed by atoms with Crippen molar-refractivity contribution in [2.24, 2.45) is 11.7 Å². The van der Waals surface area contributed by atoms with Gasteiger partial charge in [-0.3, -0.25) is 19.7 Å². The molecule has 1 aliphatic heterocycles. The Morgan fingerprint density at radius 1 is 1.52 bits per heavy atom. The van der Waals surface area contributed by atoms with E-state index < -0.39 is 22.7 Å². The molecule has 0 bridgehead atoms. The molecule has 112 valence electrons. The zero-order valence-corrected chi connectivity index (χ0v) is 11.7. The van der Waals surface area contributed by atoms with Gasteiger partial charge in [0.25, 0.3) is 11.6 Å². The Hall–Kier alpha value is -2.22. The number of pyridine rings is 1. The molecule has 0 radical (unpaired) electrons. The molecular formula is C12H13ClN4O4. The van der Waals surface area contributed by atoms with Gasteiger partial charge in [0.2, 0.25) is 5.91 Å². The first-order valence-corrected chi connectivity index (χ1v) is 6.66. The van der Waals surface area contributed by atoms with Gasteiger partial charge < -0.3 is 10.6 Å². The van der Waals surface area contributed by atoms with Gasteiger partial charge in [-0.1, -0.05) is 11.6 Å². The summed E-state index contributed by atoms with van der Waals surface area (Å²) in [4.78, 5) is 38.8. The fourth-order valence-electron chi connectivity index (χ4n) is 2.25. The molecular weight excluding hydrogens is 300 g/mol. The Morgan fingerprint density at radius 2 is 2.24 bits per heavy atom. The standard InChI is InChI=1S/C12H13ClN4O4/c13-10-9(4-8(5-15-10)17(20)21)12(19)16-3-1-2-7(6-16)11(14)18/h4-5,7H,1-3,6H2,(H2,14,18). The minimum atomic E-state index is -0.650. The molecule has 0 aliphatic carbocycles. The fraction of sp³-hybridized carbons (Fsp3) is 0.417. The summed E-state index contributed by atoms with van der Waals surface area (Å²) in [6.45, 7) is 0.634. The molecule has 1 aliphatic rings. The largest absolute Gasteiger partial charge is 0.369 e. The number of rotatable bonds is 3. The van der Waals surface area contributed by atoms with E-state index in [4.69, 9.17) is 17.3 Å². The zero-order valence-electron chi connectivity index (χ0n) is 11.0. The lowest BCUT2D eigenvalue weighted by Crippen LogP contribution is -2.44. The summed E-state index contributed by atoms with van der Waals surface area (Å²) in [6.07, 6.45) is 2.25. The Bertz CT molecular complexity index is 607. The highest BCUT2D eigenvalue weighted by atomic mass is 35.5. The number of halogens is 1. The molecule has 1 aromatic rings. The maximum atomic E-state index is 12.4.